The number of nitrogens with zero attached hydrogens (tertiary/aromatic N) is 1. The molecule has 3 aromatic rings. The zero-order chi connectivity index (χ0) is 18.3. The van der Waals surface area contributed by atoms with Gasteiger partial charge in [0.2, 0.25) is 0 Å². The number of aromatic nitrogens is 1. The van der Waals surface area contributed by atoms with Crippen LogP contribution >= 0.6 is 46.9 Å². The van der Waals surface area contributed by atoms with Crippen molar-refractivity contribution in [3.05, 3.63) is 68.4 Å². The second kappa shape index (κ2) is 7.00. The number of thiophene rings is 1. The number of halogens is 1. The molecule has 1 saturated heterocycles. The Labute approximate surface area is 167 Å². The van der Waals surface area contributed by atoms with E-state index < -0.39 is 0 Å². The van der Waals surface area contributed by atoms with E-state index in [1.54, 1.807) is 29.7 Å². The molecule has 3 heterocycles. The van der Waals surface area contributed by atoms with Crippen LogP contribution < -0.4 is 0 Å². The number of rotatable bonds is 4. The molecule has 1 aliphatic heterocycles. The third-order valence-electron chi connectivity index (χ3n) is 3.94. The Morgan fingerprint density at radius 2 is 2.19 bits per heavy atom. The number of ketones is 1. The maximum atomic E-state index is 12.7. The second-order valence-corrected chi connectivity index (χ2v) is 8.75. The summed E-state index contributed by atoms with van der Waals surface area (Å²) in [7, 11) is 0. The molecule has 26 heavy (non-hydrogen) atoms. The van der Waals surface area contributed by atoms with Gasteiger partial charge in [-0.1, -0.05) is 41.6 Å². The van der Waals surface area contributed by atoms with Crippen LogP contribution in [-0.2, 0) is 11.3 Å². The number of thioether (sulfide) groups is 1. The molecular weight excluding hydrogens is 408 g/mol. The first-order valence-electron chi connectivity index (χ1n) is 7.61. The van der Waals surface area contributed by atoms with Crippen molar-refractivity contribution in [3.63, 3.8) is 0 Å². The second-order valence-electron chi connectivity index (χ2n) is 5.60. The highest BCUT2D eigenvalue weighted by molar-refractivity contribution is 8.26. The Kier molecular flexibility index (Phi) is 4.71. The number of allylic oxidation sites excluding steroid dienone is 1. The maximum absolute atomic E-state index is 12.7. The summed E-state index contributed by atoms with van der Waals surface area (Å²) in [5.41, 5.74) is 1.29. The number of carbonyl (C=O) groups is 2. The van der Waals surface area contributed by atoms with Gasteiger partial charge in [-0.3, -0.25) is 14.5 Å². The predicted molar refractivity (Wildman–Crippen MR) is 111 cm³/mol. The Balaban J connectivity index is 1.61. The van der Waals surface area contributed by atoms with Crippen molar-refractivity contribution >= 4 is 73.8 Å². The van der Waals surface area contributed by atoms with Gasteiger partial charge in [0.15, 0.2) is 5.78 Å². The predicted octanol–water partition coefficient (Wildman–Crippen LogP) is 5.01. The summed E-state index contributed by atoms with van der Waals surface area (Å²) >= 11 is 14.1. The van der Waals surface area contributed by atoms with E-state index in [4.69, 9.17) is 23.8 Å². The summed E-state index contributed by atoms with van der Waals surface area (Å²) in [5, 5.41) is 3.23. The van der Waals surface area contributed by atoms with Crippen LogP contribution in [0.1, 0.15) is 15.2 Å². The van der Waals surface area contributed by atoms with Crippen molar-refractivity contribution in [2.24, 2.45) is 0 Å². The van der Waals surface area contributed by atoms with Gasteiger partial charge in [-0.2, -0.15) is 0 Å². The average molecular weight is 419 g/mol. The molecule has 0 radical (unpaired) electrons. The largest absolute Gasteiger partial charge is 0.360 e. The van der Waals surface area contributed by atoms with Crippen molar-refractivity contribution in [1.29, 1.82) is 0 Å². The van der Waals surface area contributed by atoms with Gasteiger partial charge >= 0.3 is 0 Å². The molecule has 2 aromatic heterocycles. The summed E-state index contributed by atoms with van der Waals surface area (Å²) in [4.78, 5) is 31.3. The third kappa shape index (κ3) is 3.23. The Morgan fingerprint density at radius 3 is 2.96 bits per heavy atom. The minimum atomic E-state index is -0.254. The van der Waals surface area contributed by atoms with E-state index in [-0.39, 0.29) is 11.7 Å². The molecule has 0 unspecified atom stereocenters. The fourth-order valence-corrected chi connectivity index (χ4v) is 4.78. The topological polar surface area (TPSA) is 53.2 Å². The highest BCUT2D eigenvalue weighted by Crippen LogP contribution is 2.33. The first-order valence-corrected chi connectivity index (χ1v) is 10.1. The van der Waals surface area contributed by atoms with Crippen LogP contribution in [0.4, 0.5) is 0 Å². The smallest absolute Gasteiger partial charge is 0.266 e. The molecule has 0 atom stereocenters. The molecule has 1 aromatic carbocycles. The van der Waals surface area contributed by atoms with Crippen LogP contribution in [-0.4, -0.2) is 25.9 Å². The molecule has 4 nitrogen and oxygen atoms in total. The lowest BCUT2D eigenvalue weighted by Gasteiger charge is -2.12. The lowest BCUT2D eigenvalue weighted by molar-refractivity contribution is -0.122. The van der Waals surface area contributed by atoms with Crippen LogP contribution in [0.2, 0.25) is 5.02 Å². The summed E-state index contributed by atoms with van der Waals surface area (Å²) < 4.78 is 0.462. The number of amides is 1. The normalized spacial score (nSPS) is 16.2. The third-order valence-corrected chi connectivity index (χ3v) is 6.41. The first kappa shape index (κ1) is 17.5. The SMILES string of the molecule is O=C(/C=C1\SC(=S)N(Cc2cccs2)C1=O)c1c[nH]c2ccc(Cl)cc12. The number of thiocarbonyl (C=S) groups is 1. The Hall–Kier alpha value is -1.93. The number of hydrogen-bond donors (Lipinski definition) is 1. The molecular formula is C18H11ClN2O2S3. The van der Waals surface area contributed by atoms with E-state index in [2.05, 4.69) is 4.98 Å². The molecule has 4 rings (SSSR count). The highest BCUT2D eigenvalue weighted by Gasteiger charge is 2.33. The van der Waals surface area contributed by atoms with Crippen LogP contribution in [0.3, 0.4) is 0 Å². The molecule has 8 heteroatoms. The molecule has 0 bridgehead atoms. The van der Waals surface area contributed by atoms with Gasteiger partial charge in [-0.05, 0) is 29.6 Å². The molecule has 130 valence electrons. The monoisotopic (exact) mass is 418 g/mol. The van der Waals surface area contributed by atoms with E-state index in [9.17, 15) is 9.59 Å². The number of fused-ring (bicyclic) bond motifs is 1. The van der Waals surface area contributed by atoms with Crippen molar-refractivity contribution < 1.29 is 9.59 Å². The summed E-state index contributed by atoms with van der Waals surface area (Å²) in [6.45, 7) is 0.427. The average Bonchev–Trinajstić information content (AvgIpc) is 3.32. The van der Waals surface area contributed by atoms with E-state index in [1.165, 1.54) is 11.0 Å². The van der Waals surface area contributed by atoms with Gasteiger partial charge in [-0.15, -0.1) is 11.3 Å². The van der Waals surface area contributed by atoms with Gasteiger partial charge in [0, 0.05) is 38.6 Å². The zero-order valence-corrected chi connectivity index (χ0v) is 16.4. The molecule has 1 N–H and O–H groups in total. The summed E-state index contributed by atoms with van der Waals surface area (Å²) in [6, 6.07) is 9.18. The molecule has 0 saturated carbocycles. The van der Waals surface area contributed by atoms with Gasteiger partial charge in [0.05, 0.1) is 11.4 Å². The van der Waals surface area contributed by atoms with Crippen molar-refractivity contribution in [1.82, 2.24) is 9.88 Å². The van der Waals surface area contributed by atoms with Crippen LogP contribution in [0.25, 0.3) is 10.9 Å². The Morgan fingerprint density at radius 1 is 1.35 bits per heavy atom. The van der Waals surface area contributed by atoms with Crippen molar-refractivity contribution in [3.8, 4) is 0 Å². The minimum absolute atomic E-state index is 0.236. The van der Waals surface area contributed by atoms with Crippen molar-refractivity contribution in [2.75, 3.05) is 0 Å². The number of carbonyl (C=O) groups excluding carboxylic acids is 2. The quantitative estimate of drug-likeness (QED) is 0.367. The lowest BCUT2D eigenvalue weighted by atomic mass is 10.1. The van der Waals surface area contributed by atoms with E-state index in [0.29, 0.717) is 26.4 Å². The highest BCUT2D eigenvalue weighted by atomic mass is 35.5. The number of nitrogens with one attached hydrogen (secondary N) is 1. The minimum Gasteiger partial charge on any atom is -0.360 e. The van der Waals surface area contributed by atoms with Crippen LogP contribution in [0.15, 0.2) is 52.9 Å². The molecule has 0 aliphatic carbocycles. The molecule has 0 spiro atoms. The van der Waals surface area contributed by atoms with E-state index in [0.717, 1.165) is 27.5 Å². The summed E-state index contributed by atoms with van der Waals surface area (Å²) in [5.74, 6) is -0.491. The van der Waals surface area contributed by atoms with Crippen LogP contribution in [0, 0.1) is 0 Å². The van der Waals surface area contributed by atoms with Crippen molar-refractivity contribution in [2.45, 2.75) is 6.54 Å². The summed E-state index contributed by atoms with van der Waals surface area (Å²) in [6.07, 6.45) is 2.99. The maximum Gasteiger partial charge on any atom is 0.266 e. The molecule has 1 aliphatic rings. The number of aromatic amines is 1. The zero-order valence-electron chi connectivity index (χ0n) is 13.2. The lowest BCUT2D eigenvalue weighted by Crippen LogP contribution is -2.27. The van der Waals surface area contributed by atoms with E-state index in [1.807, 2.05) is 23.6 Å². The molecule has 1 amide bonds. The van der Waals surface area contributed by atoms with Gasteiger partial charge < -0.3 is 4.98 Å². The first-order chi connectivity index (χ1) is 12.5. The van der Waals surface area contributed by atoms with E-state index >= 15 is 0 Å². The number of hydrogen-bond acceptors (Lipinski definition) is 5. The number of benzene rings is 1. The van der Waals surface area contributed by atoms with Crippen LogP contribution in [0.5, 0.6) is 0 Å². The molecule has 1 fully saturated rings. The van der Waals surface area contributed by atoms with Gasteiger partial charge in [0.25, 0.3) is 5.91 Å². The standard InChI is InChI=1S/C18H11ClN2O2S3/c19-10-3-4-14-12(6-10)13(8-20-14)15(22)7-16-17(23)21(18(24)26-16)9-11-2-1-5-25-11/h1-8,20H,9H2/b16-7-. The number of H-pyrrole nitrogens is 1. The fraction of sp³-hybridized carbons (Fsp3) is 0.0556. The fourth-order valence-electron chi connectivity index (χ4n) is 2.69. The van der Waals surface area contributed by atoms with Gasteiger partial charge in [-0.25, -0.2) is 0 Å². The van der Waals surface area contributed by atoms with Gasteiger partial charge in [0.1, 0.15) is 4.32 Å². The Bertz CT molecular complexity index is 1070.